The molecule has 4 nitrogen and oxygen atoms in total. The molecule has 8 heteroatoms. The molecule has 0 saturated carbocycles. The SMILES string of the molecule is CC1CCNCC1NS(=O)(=O)c1cccc(Br)c1Cl.Cl. The second-order valence-corrected chi connectivity index (χ2v) is 7.66. The van der Waals surface area contributed by atoms with Crippen LogP contribution in [0.2, 0.25) is 5.02 Å². The van der Waals surface area contributed by atoms with E-state index in [4.69, 9.17) is 11.6 Å². The van der Waals surface area contributed by atoms with Crippen molar-refractivity contribution in [2.24, 2.45) is 5.92 Å². The normalized spacial score (nSPS) is 23.1. The van der Waals surface area contributed by atoms with Crippen LogP contribution in [-0.4, -0.2) is 27.5 Å². The van der Waals surface area contributed by atoms with Crippen LogP contribution < -0.4 is 10.0 Å². The summed E-state index contributed by atoms with van der Waals surface area (Å²) in [5.74, 6) is 0.307. The summed E-state index contributed by atoms with van der Waals surface area (Å²) < 4.78 is 28.1. The predicted octanol–water partition coefficient (Wildman–Crippen LogP) is 2.80. The maximum Gasteiger partial charge on any atom is 0.242 e. The summed E-state index contributed by atoms with van der Waals surface area (Å²) in [5, 5.41) is 3.41. The maximum atomic E-state index is 12.4. The number of benzene rings is 1. The molecule has 2 unspecified atom stereocenters. The third-order valence-corrected chi connectivity index (χ3v) is 6.28. The van der Waals surface area contributed by atoms with Crippen molar-refractivity contribution in [1.29, 1.82) is 0 Å². The molecule has 114 valence electrons. The van der Waals surface area contributed by atoms with Crippen molar-refractivity contribution in [3.05, 3.63) is 27.7 Å². The van der Waals surface area contributed by atoms with Crippen LogP contribution in [0.4, 0.5) is 0 Å². The van der Waals surface area contributed by atoms with Gasteiger partial charge in [-0.1, -0.05) is 24.6 Å². The predicted molar refractivity (Wildman–Crippen MR) is 87.2 cm³/mol. The lowest BCUT2D eigenvalue weighted by Gasteiger charge is -2.30. The van der Waals surface area contributed by atoms with E-state index in [0.29, 0.717) is 16.9 Å². The second-order valence-electron chi connectivity index (χ2n) is 4.75. The van der Waals surface area contributed by atoms with Gasteiger partial charge in [0.25, 0.3) is 0 Å². The smallest absolute Gasteiger partial charge is 0.242 e. The van der Waals surface area contributed by atoms with Crippen LogP contribution in [0.5, 0.6) is 0 Å². The molecule has 1 aliphatic heterocycles. The van der Waals surface area contributed by atoms with Crippen molar-refractivity contribution in [2.45, 2.75) is 24.3 Å². The van der Waals surface area contributed by atoms with Gasteiger partial charge in [0, 0.05) is 17.1 Å². The van der Waals surface area contributed by atoms with Gasteiger partial charge in [0.2, 0.25) is 10.0 Å². The molecule has 0 spiro atoms. The lowest BCUT2D eigenvalue weighted by molar-refractivity contribution is 0.327. The van der Waals surface area contributed by atoms with Gasteiger partial charge in [-0.2, -0.15) is 0 Å². The summed E-state index contributed by atoms with van der Waals surface area (Å²) in [6, 6.07) is 4.78. The molecule has 1 aromatic carbocycles. The molecule has 2 rings (SSSR count). The molecule has 0 radical (unpaired) electrons. The second kappa shape index (κ2) is 7.42. The highest BCUT2D eigenvalue weighted by Crippen LogP contribution is 2.29. The van der Waals surface area contributed by atoms with Gasteiger partial charge in [0.15, 0.2) is 0 Å². The molecule has 1 heterocycles. The minimum atomic E-state index is -3.60. The van der Waals surface area contributed by atoms with Crippen molar-refractivity contribution >= 4 is 50.0 Å². The third-order valence-electron chi connectivity index (χ3n) is 3.34. The number of hydrogen-bond donors (Lipinski definition) is 2. The van der Waals surface area contributed by atoms with Crippen LogP contribution in [0.1, 0.15) is 13.3 Å². The summed E-state index contributed by atoms with van der Waals surface area (Å²) >= 11 is 9.29. The average molecular weight is 404 g/mol. The minimum Gasteiger partial charge on any atom is -0.315 e. The van der Waals surface area contributed by atoms with Crippen molar-refractivity contribution in [3.8, 4) is 0 Å². The molecule has 0 aliphatic carbocycles. The standard InChI is InChI=1S/C12H16BrClN2O2S.ClH/c1-8-5-6-15-7-10(8)16-19(17,18)11-4-2-3-9(13)12(11)14;/h2-4,8,10,15-16H,5-7H2,1H3;1H. The van der Waals surface area contributed by atoms with Crippen molar-refractivity contribution < 1.29 is 8.42 Å². The van der Waals surface area contributed by atoms with E-state index in [1.807, 2.05) is 0 Å². The molecule has 0 bridgehead atoms. The largest absolute Gasteiger partial charge is 0.315 e. The van der Waals surface area contributed by atoms with E-state index in [9.17, 15) is 8.42 Å². The van der Waals surface area contributed by atoms with Gasteiger partial charge in [-0.15, -0.1) is 12.4 Å². The highest BCUT2D eigenvalue weighted by Gasteiger charge is 2.28. The average Bonchev–Trinajstić information content (AvgIpc) is 2.35. The van der Waals surface area contributed by atoms with Crippen LogP contribution in [0.25, 0.3) is 0 Å². The van der Waals surface area contributed by atoms with Gasteiger partial charge in [-0.05, 0) is 46.9 Å². The Balaban J connectivity index is 0.00000200. The monoisotopic (exact) mass is 402 g/mol. The van der Waals surface area contributed by atoms with Crippen molar-refractivity contribution in [3.63, 3.8) is 0 Å². The third kappa shape index (κ3) is 4.08. The van der Waals surface area contributed by atoms with E-state index >= 15 is 0 Å². The van der Waals surface area contributed by atoms with Crippen LogP contribution in [-0.2, 0) is 10.0 Å². The number of sulfonamides is 1. The van der Waals surface area contributed by atoms with Gasteiger partial charge in [-0.25, -0.2) is 13.1 Å². The van der Waals surface area contributed by atoms with E-state index in [1.54, 1.807) is 12.1 Å². The minimum absolute atomic E-state index is 0. The fourth-order valence-electron chi connectivity index (χ4n) is 2.10. The molecule has 0 aromatic heterocycles. The highest BCUT2D eigenvalue weighted by molar-refractivity contribution is 9.10. The van der Waals surface area contributed by atoms with E-state index in [-0.39, 0.29) is 28.4 Å². The highest BCUT2D eigenvalue weighted by atomic mass is 79.9. The molecule has 1 aliphatic rings. The van der Waals surface area contributed by atoms with Crippen molar-refractivity contribution in [1.82, 2.24) is 10.0 Å². The van der Waals surface area contributed by atoms with E-state index in [1.165, 1.54) is 6.07 Å². The summed E-state index contributed by atoms with van der Waals surface area (Å²) in [7, 11) is -3.60. The Morgan fingerprint density at radius 2 is 2.15 bits per heavy atom. The summed E-state index contributed by atoms with van der Waals surface area (Å²) in [5.41, 5.74) is 0. The molecule has 2 atom stereocenters. The van der Waals surface area contributed by atoms with Gasteiger partial charge in [-0.3, -0.25) is 0 Å². The Morgan fingerprint density at radius 1 is 1.45 bits per heavy atom. The molecule has 2 N–H and O–H groups in total. The Morgan fingerprint density at radius 3 is 2.80 bits per heavy atom. The first-order valence-corrected chi connectivity index (χ1v) is 8.74. The molecule has 1 aromatic rings. The van der Waals surface area contributed by atoms with Crippen LogP contribution in [0, 0.1) is 5.92 Å². The lowest BCUT2D eigenvalue weighted by atomic mass is 9.96. The zero-order chi connectivity index (χ0) is 14.0. The Labute approximate surface area is 139 Å². The number of piperidine rings is 1. The van der Waals surface area contributed by atoms with E-state index in [0.717, 1.165) is 13.0 Å². The van der Waals surface area contributed by atoms with Gasteiger partial charge in [0.1, 0.15) is 4.90 Å². The number of rotatable bonds is 3. The first-order chi connectivity index (χ1) is 8.92. The zero-order valence-corrected chi connectivity index (χ0v) is 14.9. The number of hydrogen-bond acceptors (Lipinski definition) is 3. The van der Waals surface area contributed by atoms with Gasteiger partial charge < -0.3 is 5.32 Å². The van der Waals surface area contributed by atoms with Gasteiger partial charge >= 0.3 is 0 Å². The Bertz CT molecular complexity index is 569. The summed E-state index contributed by atoms with van der Waals surface area (Å²) in [4.78, 5) is 0.112. The first kappa shape index (κ1) is 18.2. The molecule has 1 saturated heterocycles. The fourth-order valence-corrected chi connectivity index (χ4v) is 4.47. The summed E-state index contributed by atoms with van der Waals surface area (Å²) in [6.45, 7) is 3.62. The van der Waals surface area contributed by atoms with Crippen LogP contribution >= 0.6 is 39.9 Å². The number of halogens is 3. The first-order valence-electron chi connectivity index (χ1n) is 6.09. The molecular formula is C12H17BrCl2N2O2S. The maximum absolute atomic E-state index is 12.4. The zero-order valence-electron chi connectivity index (χ0n) is 10.9. The summed E-state index contributed by atoms with van der Waals surface area (Å²) in [6.07, 6.45) is 0.958. The lowest BCUT2D eigenvalue weighted by Crippen LogP contribution is -2.50. The molecular weight excluding hydrogens is 387 g/mol. The van der Waals surface area contributed by atoms with Crippen LogP contribution in [0.15, 0.2) is 27.6 Å². The topological polar surface area (TPSA) is 58.2 Å². The van der Waals surface area contributed by atoms with Crippen molar-refractivity contribution in [2.75, 3.05) is 13.1 Å². The molecule has 20 heavy (non-hydrogen) atoms. The fraction of sp³-hybridized carbons (Fsp3) is 0.500. The Kier molecular flexibility index (Phi) is 6.76. The quantitative estimate of drug-likeness (QED) is 0.815. The molecule has 1 fully saturated rings. The van der Waals surface area contributed by atoms with E-state index in [2.05, 4.69) is 32.9 Å². The molecule has 0 amide bonds. The van der Waals surface area contributed by atoms with E-state index < -0.39 is 10.0 Å². The van der Waals surface area contributed by atoms with Gasteiger partial charge in [0.05, 0.1) is 5.02 Å². The number of nitrogens with one attached hydrogen (secondary N) is 2. The Hall–Kier alpha value is 0.150. The van der Waals surface area contributed by atoms with Crippen LogP contribution in [0.3, 0.4) is 0 Å².